The Labute approximate surface area is 299 Å². The molecule has 0 saturated carbocycles. The molecule has 0 bridgehead atoms. The van der Waals surface area contributed by atoms with E-state index in [2.05, 4.69) is 139 Å². The van der Waals surface area contributed by atoms with E-state index in [1.165, 1.54) is 27.8 Å². The average Bonchev–Trinajstić information content (AvgIpc) is 3.77. The normalized spacial score (nSPS) is 20.1. The van der Waals surface area contributed by atoms with Crippen molar-refractivity contribution in [3.63, 3.8) is 0 Å². The van der Waals surface area contributed by atoms with Gasteiger partial charge in [-0.15, -0.1) is 39.4 Å². The number of hydrogen-bond donors (Lipinski definition) is 4. The Hall–Kier alpha value is -1.64. The molecule has 2 aliphatic rings. The van der Waals surface area contributed by atoms with Crippen LogP contribution >= 0.6 is 17.2 Å². The summed E-state index contributed by atoms with van der Waals surface area (Å²) in [4.78, 5) is 0. The zero-order valence-corrected chi connectivity index (χ0v) is 32.4. The van der Waals surface area contributed by atoms with Crippen LogP contribution in [0.3, 0.4) is 0 Å². The largest absolute Gasteiger partial charge is 0.748 e. The van der Waals surface area contributed by atoms with E-state index in [0.717, 1.165) is 45.4 Å². The van der Waals surface area contributed by atoms with Crippen molar-refractivity contribution in [1.82, 2.24) is 21.3 Å². The quantitative estimate of drug-likeness (QED) is 0.0895. The van der Waals surface area contributed by atoms with Crippen LogP contribution in [0.2, 0.25) is 0 Å². The summed E-state index contributed by atoms with van der Waals surface area (Å²) in [6.07, 6.45) is 1.10. The van der Waals surface area contributed by atoms with E-state index in [1.807, 2.05) is 30.3 Å². The van der Waals surface area contributed by atoms with Crippen LogP contribution in [0.5, 0.6) is 0 Å². The summed E-state index contributed by atoms with van der Waals surface area (Å²) in [6, 6.07) is 35.4. The van der Waals surface area contributed by atoms with E-state index in [0.29, 0.717) is 12.1 Å². The second-order valence-corrected chi connectivity index (χ2v) is 19.6. The van der Waals surface area contributed by atoms with Crippen LogP contribution in [-0.4, -0.2) is 61.7 Å². The van der Waals surface area contributed by atoms with E-state index in [4.69, 9.17) is 0 Å². The number of piperazine rings is 2. The predicted octanol–water partition coefficient (Wildman–Crippen LogP) is 7.91. The minimum Gasteiger partial charge on any atom is -0.748 e. The molecule has 4 aromatic rings. The Bertz CT molecular complexity index is 1410. The van der Waals surface area contributed by atoms with Crippen LogP contribution in [0.1, 0.15) is 52.7 Å². The molecule has 2 fully saturated rings. The fraction of sp³-hybridized carbons (Fsp3) is 0.450. The average molecular weight is 711 g/mol. The van der Waals surface area contributed by atoms with Gasteiger partial charge in [0, 0.05) is 73.6 Å². The van der Waals surface area contributed by atoms with E-state index >= 15 is 0 Å². The summed E-state index contributed by atoms with van der Waals surface area (Å²) in [5.74, 6) is 0. The van der Waals surface area contributed by atoms with Crippen molar-refractivity contribution in [1.29, 1.82) is 0 Å². The maximum absolute atomic E-state index is 3.96. The van der Waals surface area contributed by atoms with Crippen molar-refractivity contribution in [3.05, 3.63) is 108 Å². The molecule has 3 unspecified atom stereocenters. The van der Waals surface area contributed by atoms with Gasteiger partial charge in [-0.25, -0.2) is 0 Å². The molecule has 4 N–H and O–H groups in total. The van der Waals surface area contributed by atoms with Crippen LogP contribution in [0.4, 0.5) is 0 Å². The van der Waals surface area contributed by atoms with Crippen LogP contribution < -0.4 is 21.3 Å². The Morgan fingerprint density at radius 3 is 1.55 bits per heavy atom. The zero-order valence-electron chi connectivity index (χ0n) is 29.2. The molecule has 0 spiro atoms. The maximum Gasteiger partial charge on any atom is 0.0324 e. The number of nitrogens with one attached hydrogen (secondary N) is 4. The summed E-state index contributed by atoms with van der Waals surface area (Å²) in [5, 5.41) is 15.6. The van der Waals surface area contributed by atoms with Crippen molar-refractivity contribution >= 4 is 17.2 Å². The molecule has 0 aliphatic carbocycles. The first-order valence-electron chi connectivity index (χ1n) is 17.1. The Morgan fingerprint density at radius 2 is 1.15 bits per heavy atom. The molecular formula is C40H56FeN4P2-6. The predicted molar refractivity (Wildman–Crippen MR) is 206 cm³/mol. The first-order chi connectivity index (χ1) is 22.0. The van der Waals surface area contributed by atoms with Gasteiger partial charge in [-0.3, -0.25) is 0 Å². The van der Waals surface area contributed by atoms with E-state index in [-0.39, 0.29) is 40.5 Å². The van der Waals surface area contributed by atoms with E-state index in [9.17, 15) is 0 Å². The molecule has 0 aromatic heterocycles. The molecule has 2 aliphatic heterocycles. The molecule has 7 heteroatoms. The zero-order chi connectivity index (χ0) is 32.8. The first-order valence-corrected chi connectivity index (χ1v) is 19.2. The molecule has 47 heavy (non-hydrogen) atoms. The van der Waals surface area contributed by atoms with Gasteiger partial charge in [0.1, 0.15) is 0 Å². The second kappa shape index (κ2) is 16.8. The van der Waals surface area contributed by atoms with Crippen LogP contribution in [0.15, 0.2) is 97.1 Å². The molecule has 0 amide bonds. The van der Waals surface area contributed by atoms with Crippen LogP contribution in [0.25, 0.3) is 22.3 Å². The van der Waals surface area contributed by atoms with Crippen LogP contribution in [-0.2, 0) is 28.4 Å². The van der Waals surface area contributed by atoms with Crippen molar-refractivity contribution in [2.75, 3.05) is 39.3 Å². The first kappa shape index (κ1) is 38.2. The van der Waals surface area contributed by atoms with Gasteiger partial charge in [-0.05, 0) is 16.5 Å². The van der Waals surface area contributed by atoms with Gasteiger partial charge in [0.2, 0.25) is 0 Å². The summed E-state index contributed by atoms with van der Waals surface area (Å²) < 4.78 is 0. The summed E-state index contributed by atoms with van der Waals surface area (Å²) in [7, 11) is 3.08. The molecule has 2 saturated heterocycles. The fourth-order valence-electron chi connectivity index (χ4n) is 7.49. The topological polar surface area (TPSA) is 48.1 Å². The molecule has 2 heterocycles. The van der Waals surface area contributed by atoms with Crippen molar-refractivity contribution in [2.24, 2.45) is 0 Å². The molecule has 3 atom stereocenters. The van der Waals surface area contributed by atoms with Crippen LogP contribution in [0, 0.1) is 0 Å². The maximum atomic E-state index is 3.96. The van der Waals surface area contributed by atoms with Crippen molar-refractivity contribution < 1.29 is 17.1 Å². The number of benzene rings is 2. The third-order valence-corrected chi connectivity index (χ3v) is 14.5. The van der Waals surface area contributed by atoms with Gasteiger partial charge in [0.05, 0.1) is 0 Å². The van der Waals surface area contributed by atoms with E-state index in [1.54, 1.807) is 5.56 Å². The molecular weight excluding hydrogens is 654 g/mol. The Morgan fingerprint density at radius 1 is 0.702 bits per heavy atom. The van der Waals surface area contributed by atoms with Crippen molar-refractivity contribution in [3.8, 4) is 22.3 Å². The molecule has 260 valence electrons. The van der Waals surface area contributed by atoms with Gasteiger partial charge >= 0.3 is 0 Å². The Kier molecular flexibility index (Phi) is 13.7. The number of hydrogen-bond acceptors (Lipinski definition) is 4. The number of rotatable bonds is 7. The third kappa shape index (κ3) is 9.13. The Balaban J connectivity index is 0.000000762. The second-order valence-electron chi connectivity index (χ2n) is 14.8. The van der Waals surface area contributed by atoms with Gasteiger partial charge in [0.25, 0.3) is 0 Å². The van der Waals surface area contributed by atoms with Crippen molar-refractivity contribution in [2.45, 2.75) is 75.3 Å². The fourth-order valence-corrected chi connectivity index (χ4v) is 11.8. The summed E-state index contributed by atoms with van der Waals surface area (Å²) in [6.45, 7) is 20.7. The standard InChI is InChI=1S/C35H51N4P2.C5H5.Fe/c1-33(2,3)41(34(4,5)6)24-28-29(35(40,30-22-36-17-19-38-30)31-23-37-18-20-39-31)21-27(25-13-9-7-10-14-25)32(28)26-15-11-8-12-16-26;1-2-4-5-3-1;/h7-16,21,30-31,36-39H,17-20,22-24,40H2,1-6H3;1-5H;/q-1;-5;. The van der Waals surface area contributed by atoms with Gasteiger partial charge in [0.15, 0.2) is 0 Å². The summed E-state index contributed by atoms with van der Waals surface area (Å²) in [5.41, 5.74) is 8.43. The molecule has 4 aromatic carbocycles. The molecule has 4 nitrogen and oxygen atoms in total. The molecule has 6 rings (SSSR count). The minimum absolute atomic E-state index is 0. The van der Waals surface area contributed by atoms with Gasteiger partial charge in [-0.2, -0.15) is 6.07 Å². The van der Waals surface area contributed by atoms with Gasteiger partial charge < -0.3 is 51.6 Å². The minimum atomic E-state index is -0.361. The van der Waals surface area contributed by atoms with E-state index < -0.39 is 0 Å². The summed E-state index contributed by atoms with van der Waals surface area (Å²) >= 11 is 0. The SMILES string of the molecule is CC(C)(C)P(C[c-]1c(C(P)(C2CNCCN2)C2CNCCN2)cc(-c2ccccc2)c1-c1ccccc1)C(C)(C)C.[Fe].[cH-]1[cH-][cH-][cH-][cH-]1. The monoisotopic (exact) mass is 710 g/mol. The smallest absolute Gasteiger partial charge is 0.0324 e. The third-order valence-electron chi connectivity index (χ3n) is 9.53. The van der Waals surface area contributed by atoms with Gasteiger partial charge in [-0.1, -0.05) is 113 Å². The molecule has 0 radical (unpaired) electrons.